The smallest absolute Gasteiger partial charge is 0.272 e. The van der Waals surface area contributed by atoms with Crippen molar-refractivity contribution in [2.24, 2.45) is 5.10 Å². The lowest BCUT2D eigenvalue weighted by atomic mass is 10.1. The van der Waals surface area contributed by atoms with Crippen LogP contribution >= 0.6 is 23.2 Å². The van der Waals surface area contributed by atoms with Gasteiger partial charge in [-0.3, -0.25) is 9.78 Å². The van der Waals surface area contributed by atoms with Crippen LogP contribution in [0.2, 0.25) is 10.0 Å². The Hall–Kier alpha value is -3.09. The molecule has 1 N–H and O–H groups in total. The number of rotatable bonds is 9. The van der Waals surface area contributed by atoms with E-state index in [1.54, 1.807) is 36.7 Å². The number of amides is 1. The number of ether oxygens (including phenoxy) is 1. The van der Waals surface area contributed by atoms with Crippen molar-refractivity contribution in [3.63, 3.8) is 0 Å². The average molecular weight is 471 g/mol. The Morgan fingerprint density at radius 3 is 2.66 bits per heavy atom. The van der Waals surface area contributed by atoms with Gasteiger partial charge < -0.3 is 9.64 Å². The van der Waals surface area contributed by atoms with Gasteiger partial charge in [0.15, 0.2) is 0 Å². The van der Waals surface area contributed by atoms with E-state index >= 15 is 0 Å². The summed E-state index contributed by atoms with van der Waals surface area (Å²) in [6.45, 7) is 6.20. The molecule has 6 nitrogen and oxygen atoms in total. The topological polar surface area (TPSA) is 66.8 Å². The van der Waals surface area contributed by atoms with Crippen LogP contribution in [0.1, 0.15) is 35.3 Å². The minimum absolute atomic E-state index is 0.264. The van der Waals surface area contributed by atoms with Crippen molar-refractivity contribution in [3.05, 3.63) is 87.7 Å². The quantitative estimate of drug-likeness (QED) is 0.327. The Morgan fingerprint density at radius 1 is 1.16 bits per heavy atom. The van der Waals surface area contributed by atoms with Gasteiger partial charge in [0, 0.05) is 58.4 Å². The van der Waals surface area contributed by atoms with Gasteiger partial charge >= 0.3 is 0 Å². The maximum Gasteiger partial charge on any atom is 0.272 e. The van der Waals surface area contributed by atoms with Gasteiger partial charge in [-0.15, -0.1) is 0 Å². The molecular formula is C24H24Cl2N4O2. The molecule has 0 fully saturated rings. The van der Waals surface area contributed by atoms with Gasteiger partial charge in [-0.25, -0.2) is 5.43 Å². The number of aromatic nitrogens is 1. The fourth-order valence-electron chi connectivity index (χ4n) is 3.06. The molecule has 0 saturated carbocycles. The Bertz CT molecular complexity index is 1090. The number of pyridine rings is 1. The molecule has 3 rings (SSSR count). The van der Waals surface area contributed by atoms with Crippen molar-refractivity contribution in [1.82, 2.24) is 10.4 Å². The van der Waals surface area contributed by atoms with Crippen molar-refractivity contribution >= 4 is 41.0 Å². The van der Waals surface area contributed by atoms with Crippen LogP contribution in [0.5, 0.6) is 5.75 Å². The number of anilines is 1. The summed E-state index contributed by atoms with van der Waals surface area (Å²) in [7, 11) is 0. The summed E-state index contributed by atoms with van der Waals surface area (Å²) in [6, 6.07) is 14.5. The maximum absolute atomic E-state index is 12.2. The van der Waals surface area contributed by atoms with Gasteiger partial charge in [-0.05, 0) is 50.2 Å². The Morgan fingerprint density at radius 2 is 1.97 bits per heavy atom. The van der Waals surface area contributed by atoms with Gasteiger partial charge in [0.25, 0.3) is 5.91 Å². The second-order valence-electron chi connectivity index (χ2n) is 6.86. The first kappa shape index (κ1) is 23.6. The first-order valence-corrected chi connectivity index (χ1v) is 11.0. The number of hydrogen-bond donors (Lipinski definition) is 1. The lowest BCUT2D eigenvalue weighted by Crippen LogP contribution is -2.21. The molecule has 0 atom stereocenters. The Kier molecular flexibility index (Phi) is 8.48. The molecule has 0 saturated heterocycles. The standard InChI is InChI=1S/C24H24Cl2N4O2/c1-3-30(4-2)21-10-8-17(15-28-29-24(31)18-6-5-11-27-14-18)23(13-21)32-16-19-7-9-20(25)12-22(19)26/h5-15H,3-4,16H2,1-2H3,(H,29,31). The van der Waals surface area contributed by atoms with Gasteiger partial charge in [0.05, 0.1) is 11.8 Å². The molecule has 1 aromatic heterocycles. The van der Waals surface area contributed by atoms with Crippen LogP contribution in [0.25, 0.3) is 0 Å². The van der Waals surface area contributed by atoms with E-state index in [0.717, 1.165) is 29.9 Å². The zero-order valence-corrected chi connectivity index (χ0v) is 19.4. The summed E-state index contributed by atoms with van der Waals surface area (Å²) in [4.78, 5) is 18.3. The monoisotopic (exact) mass is 470 g/mol. The third-order valence-corrected chi connectivity index (χ3v) is 5.40. The zero-order valence-electron chi connectivity index (χ0n) is 17.9. The molecule has 3 aromatic rings. The van der Waals surface area contributed by atoms with E-state index in [2.05, 4.69) is 34.3 Å². The Balaban J connectivity index is 1.81. The number of nitrogens with one attached hydrogen (secondary N) is 1. The number of hydrogen-bond acceptors (Lipinski definition) is 5. The number of nitrogens with zero attached hydrogens (tertiary/aromatic N) is 3. The zero-order chi connectivity index (χ0) is 22.9. The third kappa shape index (κ3) is 6.22. The minimum atomic E-state index is -0.343. The summed E-state index contributed by atoms with van der Waals surface area (Å²) in [5.41, 5.74) is 5.51. The summed E-state index contributed by atoms with van der Waals surface area (Å²) >= 11 is 12.3. The van der Waals surface area contributed by atoms with Gasteiger partial charge in [-0.2, -0.15) is 5.10 Å². The van der Waals surface area contributed by atoms with Crippen LogP contribution in [-0.2, 0) is 6.61 Å². The predicted molar refractivity (Wildman–Crippen MR) is 130 cm³/mol. The second kappa shape index (κ2) is 11.5. The highest BCUT2D eigenvalue weighted by molar-refractivity contribution is 6.35. The van der Waals surface area contributed by atoms with E-state index in [4.69, 9.17) is 27.9 Å². The van der Waals surface area contributed by atoms with Crippen LogP contribution < -0.4 is 15.1 Å². The number of carbonyl (C=O) groups is 1. The van der Waals surface area contributed by atoms with Crippen molar-refractivity contribution in [1.29, 1.82) is 0 Å². The summed E-state index contributed by atoms with van der Waals surface area (Å²) in [5, 5.41) is 5.20. The lowest BCUT2D eigenvalue weighted by Gasteiger charge is -2.22. The van der Waals surface area contributed by atoms with Crippen molar-refractivity contribution in [3.8, 4) is 5.75 Å². The molecule has 0 bridgehead atoms. The van der Waals surface area contributed by atoms with Gasteiger partial charge in [-0.1, -0.05) is 29.3 Å². The highest BCUT2D eigenvalue weighted by Gasteiger charge is 2.10. The summed E-state index contributed by atoms with van der Waals surface area (Å²) in [6.07, 6.45) is 4.64. The molecule has 0 aliphatic carbocycles. The van der Waals surface area contributed by atoms with E-state index in [0.29, 0.717) is 21.4 Å². The van der Waals surface area contributed by atoms with Crippen LogP contribution in [0, 0.1) is 0 Å². The first-order valence-electron chi connectivity index (χ1n) is 10.2. The normalized spacial score (nSPS) is 10.9. The molecule has 0 aliphatic heterocycles. The maximum atomic E-state index is 12.2. The molecule has 2 aromatic carbocycles. The van der Waals surface area contributed by atoms with E-state index in [9.17, 15) is 4.79 Å². The summed E-state index contributed by atoms with van der Waals surface area (Å²) in [5.74, 6) is 0.282. The van der Waals surface area contributed by atoms with Crippen LogP contribution in [0.4, 0.5) is 5.69 Å². The number of benzene rings is 2. The lowest BCUT2D eigenvalue weighted by molar-refractivity contribution is 0.0954. The van der Waals surface area contributed by atoms with Crippen LogP contribution in [0.3, 0.4) is 0 Å². The van der Waals surface area contributed by atoms with E-state index in [-0.39, 0.29) is 12.5 Å². The second-order valence-corrected chi connectivity index (χ2v) is 7.70. The van der Waals surface area contributed by atoms with Crippen LogP contribution in [0.15, 0.2) is 66.0 Å². The molecule has 8 heteroatoms. The van der Waals surface area contributed by atoms with E-state index in [1.807, 2.05) is 24.3 Å². The molecule has 32 heavy (non-hydrogen) atoms. The first-order chi connectivity index (χ1) is 15.5. The molecule has 0 aliphatic rings. The van der Waals surface area contributed by atoms with E-state index < -0.39 is 0 Å². The third-order valence-electron chi connectivity index (χ3n) is 4.82. The summed E-state index contributed by atoms with van der Waals surface area (Å²) < 4.78 is 6.10. The number of halogens is 2. The Labute approximate surface area is 197 Å². The molecule has 0 unspecified atom stereocenters. The minimum Gasteiger partial charge on any atom is -0.488 e. The van der Waals surface area contributed by atoms with Crippen molar-refractivity contribution in [2.45, 2.75) is 20.5 Å². The fourth-order valence-corrected chi connectivity index (χ4v) is 3.52. The van der Waals surface area contributed by atoms with Gasteiger partial charge in [0.2, 0.25) is 0 Å². The largest absolute Gasteiger partial charge is 0.488 e. The van der Waals surface area contributed by atoms with Gasteiger partial charge in [0.1, 0.15) is 12.4 Å². The average Bonchev–Trinajstić information content (AvgIpc) is 2.81. The number of hydrazone groups is 1. The SMILES string of the molecule is CCN(CC)c1ccc(C=NNC(=O)c2cccnc2)c(OCc2ccc(Cl)cc2Cl)c1. The number of carbonyl (C=O) groups excluding carboxylic acids is 1. The fraction of sp³-hybridized carbons (Fsp3) is 0.208. The van der Waals surface area contributed by atoms with Crippen molar-refractivity contribution < 1.29 is 9.53 Å². The van der Waals surface area contributed by atoms with Crippen LogP contribution in [-0.4, -0.2) is 30.2 Å². The highest BCUT2D eigenvalue weighted by Crippen LogP contribution is 2.27. The molecule has 166 valence electrons. The molecule has 0 radical (unpaired) electrons. The van der Waals surface area contributed by atoms with Crippen molar-refractivity contribution in [2.75, 3.05) is 18.0 Å². The molecular weight excluding hydrogens is 447 g/mol. The van der Waals surface area contributed by atoms with E-state index in [1.165, 1.54) is 6.20 Å². The molecule has 1 amide bonds. The molecule has 1 heterocycles. The molecule has 0 spiro atoms. The highest BCUT2D eigenvalue weighted by atomic mass is 35.5. The predicted octanol–water partition coefficient (Wildman–Crippen LogP) is 5.58.